The van der Waals surface area contributed by atoms with Crippen LogP contribution in [0.4, 0.5) is 8.78 Å². The van der Waals surface area contributed by atoms with Gasteiger partial charge in [-0.1, -0.05) is 13.0 Å². The molecule has 0 aliphatic rings. The topological polar surface area (TPSA) is 21.3 Å². The van der Waals surface area contributed by atoms with E-state index in [2.05, 4.69) is 5.32 Å². The predicted octanol–water partition coefficient (Wildman–Crippen LogP) is 2.65. The average molecular weight is 229 g/mol. The highest BCUT2D eigenvalue weighted by Gasteiger charge is 2.18. The quantitative estimate of drug-likeness (QED) is 0.757. The zero-order valence-electron chi connectivity index (χ0n) is 9.59. The molecule has 1 atom stereocenters. The lowest BCUT2D eigenvalue weighted by Crippen LogP contribution is -2.24. The molecule has 0 aliphatic heterocycles. The van der Waals surface area contributed by atoms with Crippen LogP contribution in [-0.4, -0.2) is 20.3 Å². The number of benzene rings is 1. The van der Waals surface area contributed by atoms with Gasteiger partial charge in [0.05, 0.1) is 12.6 Å². The molecule has 0 aliphatic carbocycles. The third kappa shape index (κ3) is 3.25. The Balaban J connectivity index is 2.78. The van der Waals surface area contributed by atoms with Crippen molar-refractivity contribution in [1.82, 2.24) is 5.32 Å². The van der Waals surface area contributed by atoms with Gasteiger partial charge in [0, 0.05) is 12.2 Å². The van der Waals surface area contributed by atoms with E-state index in [0.717, 1.165) is 6.42 Å². The van der Waals surface area contributed by atoms with E-state index in [9.17, 15) is 8.78 Å². The molecule has 0 spiro atoms. The Morgan fingerprint density at radius 1 is 1.31 bits per heavy atom. The summed E-state index contributed by atoms with van der Waals surface area (Å²) in [5.74, 6) is -1.08. The molecule has 90 valence electrons. The summed E-state index contributed by atoms with van der Waals surface area (Å²) in [6, 6.07) is 3.41. The molecule has 1 aromatic rings. The lowest BCUT2D eigenvalue weighted by molar-refractivity contribution is 0.112. The maximum atomic E-state index is 13.5. The molecule has 4 heteroatoms. The van der Waals surface area contributed by atoms with E-state index in [1.165, 1.54) is 18.2 Å². The summed E-state index contributed by atoms with van der Waals surface area (Å²) in [6.07, 6.45) is 0.885. The van der Waals surface area contributed by atoms with E-state index >= 15 is 0 Å². The maximum absolute atomic E-state index is 13.5. The molecule has 0 amide bonds. The minimum atomic E-state index is -0.542. The molecule has 1 rings (SSSR count). The molecule has 2 nitrogen and oxygen atoms in total. The average Bonchev–Trinajstić information content (AvgIpc) is 2.26. The minimum Gasteiger partial charge on any atom is -0.379 e. The minimum absolute atomic E-state index is 0.0427. The van der Waals surface area contributed by atoms with Crippen LogP contribution in [0.25, 0.3) is 0 Å². The van der Waals surface area contributed by atoms with Crippen molar-refractivity contribution in [3.63, 3.8) is 0 Å². The van der Waals surface area contributed by atoms with Gasteiger partial charge in [-0.05, 0) is 25.6 Å². The normalized spacial score (nSPS) is 12.8. The van der Waals surface area contributed by atoms with Gasteiger partial charge in [0.1, 0.15) is 11.6 Å². The van der Waals surface area contributed by atoms with E-state index in [4.69, 9.17) is 4.74 Å². The van der Waals surface area contributed by atoms with Crippen LogP contribution in [0.3, 0.4) is 0 Å². The van der Waals surface area contributed by atoms with Crippen molar-refractivity contribution in [2.45, 2.75) is 19.4 Å². The Morgan fingerprint density at radius 3 is 2.44 bits per heavy atom. The summed E-state index contributed by atoms with van der Waals surface area (Å²) in [5.41, 5.74) is 0.0427. The highest BCUT2D eigenvalue weighted by molar-refractivity contribution is 5.23. The second kappa shape index (κ2) is 6.55. The van der Waals surface area contributed by atoms with Gasteiger partial charge >= 0.3 is 0 Å². The van der Waals surface area contributed by atoms with Crippen LogP contribution in [0.15, 0.2) is 18.2 Å². The Hall–Kier alpha value is -1.00. The number of ether oxygens (including phenoxy) is 1. The second-order valence-electron chi connectivity index (χ2n) is 3.55. The number of nitrogens with one attached hydrogen (secondary N) is 1. The highest BCUT2D eigenvalue weighted by Crippen LogP contribution is 2.20. The molecular weight excluding hydrogens is 212 g/mol. The van der Waals surface area contributed by atoms with Crippen LogP contribution < -0.4 is 5.32 Å². The van der Waals surface area contributed by atoms with Gasteiger partial charge in [-0.3, -0.25) is 0 Å². The summed E-state index contributed by atoms with van der Waals surface area (Å²) in [7, 11) is 1.66. The Labute approximate surface area is 94.6 Å². The zero-order chi connectivity index (χ0) is 12.0. The first-order valence-electron chi connectivity index (χ1n) is 5.39. The van der Waals surface area contributed by atoms with Gasteiger partial charge < -0.3 is 10.1 Å². The first-order chi connectivity index (χ1) is 7.70. The van der Waals surface area contributed by atoms with E-state index in [-0.39, 0.29) is 12.2 Å². The molecule has 0 fully saturated rings. The molecule has 0 saturated heterocycles. The van der Waals surface area contributed by atoms with Gasteiger partial charge in [0.15, 0.2) is 0 Å². The standard InChI is InChI=1S/C12H17F2NO/c1-3-7-16-8-11(15-2)12-9(13)5-4-6-10(12)14/h4-6,11,15H,3,7-8H2,1-2H3. The molecule has 1 N–H and O–H groups in total. The summed E-state index contributed by atoms with van der Waals surface area (Å²) in [5, 5.41) is 2.85. The molecule has 0 saturated carbocycles. The zero-order valence-corrected chi connectivity index (χ0v) is 9.59. The van der Waals surface area contributed by atoms with Crippen molar-refractivity contribution < 1.29 is 13.5 Å². The monoisotopic (exact) mass is 229 g/mol. The number of rotatable bonds is 6. The first kappa shape index (κ1) is 13.1. The molecule has 0 aromatic heterocycles. The number of likely N-dealkylation sites (N-methyl/N-ethyl adjacent to an activating group) is 1. The van der Waals surface area contributed by atoms with Gasteiger partial charge in [0.25, 0.3) is 0 Å². The molecular formula is C12H17F2NO. The summed E-state index contributed by atoms with van der Waals surface area (Å²) in [4.78, 5) is 0. The SMILES string of the molecule is CCCOCC(NC)c1c(F)cccc1F. The molecule has 1 aromatic carbocycles. The van der Waals surface area contributed by atoms with Crippen LogP contribution in [0, 0.1) is 11.6 Å². The Bertz CT molecular complexity index is 311. The fourth-order valence-electron chi connectivity index (χ4n) is 1.50. The van der Waals surface area contributed by atoms with Crippen molar-refractivity contribution in [1.29, 1.82) is 0 Å². The van der Waals surface area contributed by atoms with Crippen LogP contribution in [0.5, 0.6) is 0 Å². The van der Waals surface area contributed by atoms with E-state index in [0.29, 0.717) is 6.61 Å². The van der Waals surface area contributed by atoms with E-state index in [1.807, 2.05) is 6.92 Å². The smallest absolute Gasteiger partial charge is 0.131 e. The fourth-order valence-corrected chi connectivity index (χ4v) is 1.50. The molecule has 0 bridgehead atoms. The van der Waals surface area contributed by atoms with Crippen molar-refractivity contribution in [3.05, 3.63) is 35.4 Å². The maximum Gasteiger partial charge on any atom is 0.131 e. The van der Waals surface area contributed by atoms with Crippen LogP contribution in [-0.2, 0) is 4.74 Å². The lowest BCUT2D eigenvalue weighted by Gasteiger charge is -2.17. The van der Waals surface area contributed by atoms with Gasteiger partial charge in [0.2, 0.25) is 0 Å². The van der Waals surface area contributed by atoms with Crippen molar-refractivity contribution in [3.8, 4) is 0 Å². The van der Waals surface area contributed by atoms with E-state index in [1.54, 1.807) is 7.05 Å². The third-order valence-electron chi connectivity index (χ3n) is 2.33. The van der Waals surface area contributed by atoms with Crippen molar-refractivity contribution in [2.24, 2.45) is 0 Å². The van der Waals surface area contributed by atoms with Crippen LogP contribution in [0.1, 0.15) is 24.9 Å². The van der Waals surface area contributed by atoms with Crippen LogP contribution in [0.2, 0.25) is 0 Å². The van der Waals surface area contributed by atoms with Gasteiger partial charge in [-0.15, -0.1) is 0 Å². The summed E-state index contributed by atoms with van der Waals surface area (Å²) >= 11 is 0. The van der Waals surface area contributed by atoms with Gasteiger partial charge in [-0.2, -0.15) is 0 Å². The van der Waals surface area contributed by atoms with Crippen molar-refractivity contribution >= 4 is 0 Å². The molecule has 0 heterocycles. The van der Waals surface area contributed by atoms with E-state index < -0.39 is 17.7 Å². The van der Waals surface area contributed by atoms with Crippen molar-refractivity contribution in [2.75, 3.05) is 20.3 Å². The highest BCUT2D eigenvalue weighted by atomic mass is 19.1. The number of halogens is 2. The number of hydrogen-bond acceptors (Lipinski definition) is 2. The summed E-state index contributed by atoms with van der Waals surface area (Å²) in [6.45, 7) is 2.84. The first-order valence-corrected chi connectivity index (χ1v) is 5.39. The fraction of sp³-hybridized carbons (Fsp3) is 0.500. The number of hydrogen-bond donors (Lipinski definition) is 1. The molecule has 16 heavy (non-hydrogen) atoms. The molecule has 1 unspecified atom stereocenters. The summed E-state index contributed by atoms with van der Waals surface area (Å²) < 4.78 is 32.2. The Morgan fingerprint density at radius 2 is 1.94 bits per heavy atom. The van der Waals surface area contributed by atoms with Gasteiger partial charge in [-0.25, -0.2) is 8.78 Å². The predicted molar refractivity (Wildman–Crippen MR) is 59.3 cm³/mol. The van der Waals surface area contributed by atoms with Crippen LogP contribution >= 0.6 is 0 Å². The largest absolute Gasteiger partial charge is 0.379 e. The lowest BCUT2D eigenvalue weighted by atomic mass is 10.1. The third-order valence-corrected chi connectivity index (χ3v) is 2.33. The molecule has 0 radical (unpaired) electrons. The Kier molecular flexibility index (Phi) is 5.35. The second-order valence-corrected chi connectivity index (χ2v) is 3.55.